The van der Waals surface area contributed by atoms with E-state index >= 15 is 0 Å². The van der Waals surface area contributed by atoms with E-state index in [2.05, 4.69) is 10.1 Å². The second-order valence-corrected chi connectivity index (χ2v) is 5.38. The first-order valence-electron chi connectivity index (χ1n) is 7.00. The number of nitrogens with one attached hydrogen (secondary N) is 1. The number of benzene rings is 1. The van der Waals surface area contributed by atoms with Crippen LogP contribution in [-0.4, -0.2) is 29.8 Å². The van der Waals surface area contributed by atoms with Crippen molar-refractivity contribution in [2.24, 2.45) is 0 Å². The van der Waals surface area contributed by atoms with Crippen LogP contribution in [0.5, 0.6) is 5.75 Å². The highest BCUT2D eigenvalue weighted by Gasteiger charge is 2.34. The van der Waals surface area contributed by atoms with Gasteiger partial charge in [-0.1, -0.05) is 12.1 Å². The van der Waals surface area contributed by atoms with Gasteiger partial charge in [0.1, 0.15) is 5.75 Å². The molecule has 116 valence electrons. The van der Waals surface area contributed by atoms with Crippen LogP contribution >= 0.6 is 0 Å². The fraction of sp³-hybridized carbons (Fsp3) is 0.533. The number of aryl methyl sites for hydroxylation is 1. The molecule has 0 atom stereocenters. The molecular formula is C15H19F2NO3. The predicted octanol–water partition coefficient (Wildman–Crippen LogP) is 2.25. The molecule has 0 bridgehead atoms. The summed E-state index contributed by atoms with van der Waals surface area (Å²) in [4.78, 5) is 11.7. The Morgan fingerprint density at radius 3 is 2.52 bits per heavy atom. The Hall–Kier alpha value is -1.69. The van der Waals surface area contributed by atoms with Gasteiger partial charge in [-0.25, -0.2) is 0 Å². The van der Waals surface area contributed by atoms with Gasteiger partial charge in [0.15, 0.2) is 0 Å². The lowest BCUT2D eigenvalue weighted by Crippen LogP contribution is -2.47. The number of alkyl halides is 2. The average Bonchev–Trinajstić information content (AvgIpc) is 2.41. The van der Waals surface area contributed by atoms with E-state index in [1.54, 1.807) is 12.1 Å². The molecule has 1 fully saturated rings. The predicted molar refractivity (Wildman–Crippen MR) is 73.2 cm³/mol. The number of carbonyl (C=O) groups excluding carboxylic acids is 1. The van der Waals surface area contributed by atoms with Crippen molar-refractivity contribution >= 4 is 5.91 Å². The summed E-state index contributed by atoms with van der Waals surface area (Å²) in [5, 5.41) is 12.6. The third-order valence-corrected chi connectivity index (χ3v) is 3.69. The molecule has 0 heterocycles. The number of rotatable bonds is 7. The summed E-state index contributed by atoms with van der Waals surface area (Å²) in [5.41, 5.74) is 0.151. The van der Waals surface area contributed by atoms with E-state index in [0.717, 1.165) is 24.8 Å². The van der Waals surface area contributed by atoms with E-state index in [1.165, 1.54) is 12.1 Å². The molecule has 1 aromatic carbocycles. The number of aliphatic hydroxyl groups is 1. The fourth-order valence-corrected chi connectivity index (χ4v) is 2.21. The Labute approximate surface area is 122 Å². The van der Waals surface area contributed by atoms with E-state index in [0.29, 0.717) is 19.4 Å². The van der Waals surface area contributed by atoms with E-state index in [9.17, 15) is 18.7 Å². The quantitative estimate of drug-likeness (QED) is 0.812. The first-order chi connectivity index (χ1) is 9.97. The normalized spacial score (nSPS) is 16.4. The van der Waals surface area contributed by atoms with Crippen molar-refractivity contribution in [3.05, 3.63) is 29.8 Å². The van der Waals surface area contributed by atoms with E-state index in [-0.39, 0.29) is 11.7 Å². The minimum absolute atomic E-state index is 0.102. The summed E-state index contributed by atoms with van der Waals surface area (Å²) >= 11 is 0. The molecule has 0 spiro atoms. The zero-order valence-electron chi connectivity index (χ0n) is 11.6. The van der Waals surface area contributed by atoms with Gasteiger partial charge in [0.05, 0.1) is 5.60 Å². The SMILES string of the molecule is O=C(CCc1ccc(OC(F)F)cc1)NCC1(O)CCC1. The molecule has 0 unspecified atom stereocenters. The van der Waals surface area contributed by atoms with Crippen molar-refractivity contribution in [3.63, 3.8) is 0 Å². The number of hydrogen-bond donors (Lipinski definition) is 2. The van der Waals surface area contributed by atoms with Gasteiger partial charge in [-0.2, -0.15) is 8.78 Å². The maximum atomic E-state index is 12.0. The number of carbonyl (C=O) groups is 1. The van der Waals surface area contributed by atoms with Crippen LogP contribution < -0.4 is 10.1 Å². The van der Waals surface area contributed by atoms with E-state index in [1.807, 2.05) is 0 Å². The number of ether oxygens (including phenoxy) is 1. The molecule has 21 heavy (non-hydrogen) atoms. The lowest BCUT2D eigenvalue weighted by molar-refractivity contribution is -0.123. The van der Waals surface area contributed by atoms with Crippen LogP contribution in [0.15, 0.2) is 24.3 Å². The van der Waals surface area contributed by atoms with Gasteiger partial charge in [0.25, 0.3) is 0 Å². The fourth-order valence-electron chi connectivity index (χ4n) is 2.21. The zero-order chi connectivity index (χ0) is 15.3. The number of amides is 1. The van der Waals surface area contributed by atoms with Crippen LogP contribution in [0.1, 0.15) is 31.2 Å². The van der Waals surface area contributed by atoms with Crippen LogP contribution in [0, 0.1) is 0 Å². The highest BCUT2D eigenvalue weighted by atomic mass is 19.3. The van der Waals surface area contributed by atoms with Crippen LogP contribution in [0.3, 0.4) is 0 Å². The van der Waals surface area contributed by atoms with Crippen molar-refractivity contribution in [2.45, 2.75) is 44.3 Å². The molecule has 2 N–H and O–H groups in total. The maximum absolute atomic E-state index is 12.0. The standard InChI is InChI=1S/C15H19F2NO3/c16-14(17)21-12-5-2-11(3-6-12)4-7-13(19)18-10-15(20)8-1-9-15/h2-3,5-6,14,20H,1,4,7-10H2,(H,18,19). The first-order valence-corrected chi connectivity index (χ1v) is 7.00. The lowest BCUT2D eigenvalue weighted by Gasteiger charge is -2.36. The molecule has 4 nitrogen and oxygen atoms in total. The van der Waals surface area contributed by atoms with Gasteiger partial charge in [-0.05, 0) is 43.4 Å². The Bertz CT molecular complexity index is 472. The smallest absolute Gasteiger partial charge is 0.387 e. The van der Waals surface area contributed by atoms with Crippen LogP contribution in [0.2, 0.25) is 0 Å². The molecule has 2 rings (SSSR count). The molecule has 0 aliphatic heterocycles. The monoisotopic (exact) mass is 299 g/mol. The number of hydrogen-bond acceptors (Lipinski definition) is 3. The van der Waals surface area contributed by atoms with Gasteiger partial charge in [-0.3, -0.25) is 4.79 Å². The minimum Gasteiger partial charge on any atom is -0.435 e. The maximum Gasteiger partial charge on any atom is 0.387 e. The van der Waals surface area contributed by atoms with Crippen LogP contribution in [-0.2, 0) is 11.2 Å². The van der Waals surface area contributed by atoms with Gasteiger partial charge < -0.3 is 15.2 Å². The Morgan fingerprint density at radius 1 is 1.33 bits per heavy atom. The zero-order valence-corrected chi connectivity index (χ0v) is 11.6. The topological polar surface area (TPSA) is 58.6 Å². The molecule has 1 aromatic rings. The van der Waals surface area contributed by atoms with Crippen LogP contribution in [0.4, 0.5) is 8.78 Å². The summed E-state index contributed by atoms with van der Waals surface area (Å²) in [6.45, 7) is -2.54. The molecule has 1 saturated carbocycles. The molecular weight excluding hydrogens is 280 g/mol. The summed E-state index contributed by atoms with van der Waals surface area (Å²) in [5.74, 6) is -0.0198. The van der Waals surface area contributed by atoms with Gasteiger partial charge in [0.2, 0.25) is 5.91 Å². The molecule has 1 amide bonds. The lowest BCUT2D eigenvalue weighted by atomic mass is 9.80. The summed E-state index contributed by atoms with van der Waals surface area (Å²) in [6.07, 6.45) is 3.28. The molecule has 0 saturated heterocycles. The van der Waals surface area contributed by atoms with Crippen molar-refractivity contribution in [1.29, 1.82) is 0 Å². The third-order valence-electron chi connectivity index (χ3n) is 3.69. The van der Waals surface area contributed by atoms with Crippen molar-refractivity contribution in [3.8, 4) is 5.75 Å². The van der Waals surface area contributed by atoms with Crippen molar-refractivity contribution < 1.29 is 23.4 Å². The van der Waals surface area contributed by atoms with Gasteiger partial charge in [-0.15, -0.1) is 0 Å². The average molecular weight is 299 g/mol. The third kappa shape index (κ3) is 4.97. The number of halogens is 2. The summed E-state index contributed by atoms with van der Waals surface area (Å²) < 4.78 is 28.2. The molecule has 1 aliphatic carbocycles. The summed E-state index contributed by atoms with van der Waals surface area (Å²) in [6, 6.07) is 6.22. The Balaban J connectivity index is 1.70. The Morgan fingerprint density at radius 2 is 2.00 bits per heavy atom. The molecule has 0 radical (unpaired) electrons. The first kappa shape index (κ1) is 15.7. The molecule has 1 aliphatic rings. The minimum atomic E-state index is -2.83. The van der Waals surface area contributed by atoms with E-state index < -0.39 is 12.2 Å². The van der Waals surface area contributed by atoms with E-state index in [4.69, 9.17) is 0 Å². The Kier molecular flexibility index (Phi) is 5.12. The van der Waals surface area contributed by atoms with Gasteiger partial charge in [0, 0.05) is 13.0 Å². The highest BCUT2D eigenvalue weighted by Crippen LogP contribution is 2.30. The highest BCUT2D eigenvalue weighted by molar-refractivity contribution is 5.76. The van der Waals surface area contributed by atoms with Crippen molar-refractivity contribution in [1.82, 2.24) is 5.32 Å². The second-order valence-electron chi connectivity index (χ2n) is 5.38. The van der Waals surface area contributed by atoms with Crippen LogP contribution in [0.25, 0.3) is 0 Å². The van der Waals surface area contributed by atoms with Crippen molar-refractivity contribution in [2.75, 3.05) is 6.54 Å². The molecule has 6 heteroatoms. The van der Waals surface area contributed by atoms with Gasteiger partial charge >= 0.3 is 6.61 Å². The largest absolute Gasteiger partial charge is 0.435 e. The second kappa shape index (κ2) is 6.85. The summed E-state index contributed by atoms with van der Waals surface area (Å²) in [7, 11) is 0. The molecule has 0 aromatic heterocycles.